The molecule has 0 aliphatic carbocycles. The zero-order valence-electron chi connectivity index (χ0n) is 16.4. The average molecular weight is 406 g/mol. The van der Waals surface area contributed by atoms with Gasteiger partial charge in [0.25, 0.3) is 5.91 Å². The lowest BCUT2D eigenvalue weighted by Crippen LogP contribution is -2.48. The van der Waals surface area contributed by atoms with E-state index in [9.17, 15) is 18.0 Å². The molecule has 1 aliphatic rings. The SMILES string of the molecule is CCc1ccc(C(=O)N2CCN(Cc3ccccc3OCC(F)(F)F)CC2)cc1. The highest BCUT2D eigenvalue weighted by Crippen LogP contribution is 2.24. The summed E-state index contributed by atoms with van der Waals surface area (Å²) < 4.78 is 42.3. The summed E-state index contributed by atoms with van der Waals surface area (Å²) in [4.78, 5) is 16.6. The lowest BCUT2D eigenvalue weighted by atomic mass is 10.1. The fourth-order valence-electron chi connectivity index (χ4n) is 3.35. The molecule has 1 amide bonds. The molecule has 2 aromatic carbocycles. The van der Waals surface area contributed by atoms with Crippen molar-refractivity contribution in [2.24, 2.45) is 0 Å². The Morgan fingerprint density at radius 2 is 1.66 bits per heavy atom. The van der Waals surface area contributed by atoms with Gasteiger partial charge in [0.2, 0.25) is 0 Å². The molecule has 0 bridgehead atoms. The van der Waals surface area contributed by atoms with E-state index in [0.717, 1.165) is 6.42 Å². The van der Waals surface area contributed by atoms with Gasteiger partial charge in [-0.05, 0) is 30.2 Å². The number of benzene rings is 2. The first kappa shape index (κ1) is 21.2. The van der Waals surface area contributed by atoms with Crippen LogP contribution >= 0.6 is 0 Å². The first-order valence-electron chi connectivity index (χ1n) is 9.74. The van der Waals surface area contributed by atoms with Crippen LogP contribution in [0, 0.1) is 0 Å². The number of para-hydroxylation sites is 1. The molecule has 0 radical (unpaired) electrons. The van der Waals surface area contributed by atoms with Gasteiger partial charge in [-0.25, -0.2) is 0 Å². The zero-order valence-corrected chi connectivity index (χ0v) is 16.4. The van der Waals surface area contributed by atoms with Gasteiger partial charge < -0.3 is 9.64 Å². The van der Waals surface area contributed by atoms with Crippen LogP contribution in [0.5, 0.6) is 5.75 Å². The third-order valence-corrected chi connectivity index (χ3v) is 5.03. The van der Waals surface area contributed by atoms with Crippen LogP contribution in [0.3, 0.4) is 0 Å². The van der Waals surface area contributed by atoms with Gasteiger partial charge >= 0.3 is 6.18 Å². The second-order valence-electron chi connectivity index (χ2n) is 7.13. The zero-order chi connectivity index (χ0) is 20.9. The van der Waals surface area contributed by atoms with E-state index in [1.165, 1.54) is 5.56 Å². The molecule has 1 heterocycles. The van der Waals surface area contributed by atoms with Gasteiger partial charge in [0.05, 0.1) is 0 Å². The highest BCUT2D eigenvalue weighted by molar-refractivity contribution is 5.94. The van der Waals surface area contributed by atoms with Crippen molar-refractivity contribution in [3.05, 3.63) is 65.2 Å². The summed E-state index contributed by atoms with van der Waals surface area (Å²) in [7, 11) is 0. The molecule has 156 valence electrons. The fraction of sp³-hybridized carbons (Fsp3) is 0.409. The molecule has 0 N–H and O–H groups in total. The first-order valence-corrected chi connectivity index (χ1v) is 9.74. The van der Waals surface area contributed by atoms with Crippen molar-refractivity contribution in [1.82, 2.24) is 9.80 Å². The molecule has 1 fully saturated rings. The molecule has 4 nitrogen and oxygen atoms in total. The molecular formula is C22H25F3N2O2. The summed E-state index contributed by atoms with van der Waals surface area (Å²) >= 11 is 0. The number of piperazine rings is 1. The average Bonchev–Trinajstić information content (AvgIpc) is 2.73. The molecule has 29 heavy (non-hydrogen) atoms. The van der Waals surface area contributed by atoms with Gasteiger partial charge in [-0.3, -0.25) is 9.69 Å². The predicted molar refractivity (Wildman–Crippen MR) is 105 cm³/mol. The normalized spacial score (nSPS) is 15.4. The van der Waals surface area contributed by atoms with Crippen molar-refractivity contribution < 1.29 is 22.7 Å². The Balaban J connectivity index is 1.55. The molecule has 7 heteroatoms. The maximum absolute atomic E-state index is 12.7. The van der Waals surface area contributed by atoms with Crippen molar-refractivity contribution in [2.75, 3.05) is 32.8 Å². The molecule has 3 rings (SSSR count). The van der Waals surface area contributed by atoms with Gasteiger partial charge in [-0.1, -0.05) is 37.3 Å². The van der Waals surface area contributed by atoms with Crippen LogP contribution in [0.2, 0.25) is 0 Å². The molecule has 0 unspecified atom stereocenters. The van der Waals surface area contributed by atoms with Gasteiger partial charge in [0.1, 0.15) is 5.75 Å². The Kier molecular flexibility index (Phi) is 6.79. The van der Waals surface area contributed by atoms with E-state index < -0.39 is 12.8 Å². The van der Waals surface area contributed by atoms with Crippen LogP contribution in [-0.4, -0.2) is 54.7 Å². The number of hydrogen-bond acceptors (Lipinski definition) is 3. The van der Waals surface area contributed by atoms with Crippen LogP contribution in [-0.2, 0) is 13.0 Å². The van der Waals surface area contributed by atoms with E-state index in [2.05, 4.69) is 11.8 Å². The molecule has 1 saturated heterocycles. The number of amides is 1. The summed E-state index contributed by atoms with van der Waals surface area (Å²) in [6, 6.07) is 14.5. The van der Waals surface area contributed by atoms with Crippen molar-refractivity contribution in [3.63, 3.8) is 0 Å². The fourth-order valence-corrected chi connectivity index (χ4v) is 3.35. The maximum Gasteiger partial charge on any atom is 0.422 e. The third-order valence-electron chi connectivity index (χ3n) is 5.03. The minimum atomic E-state index is -4.37. The van der Waals surface area contributed by atoms with Crippen molar-refractivity contribution in [1.29, 1.82) is 0 Å². The largest absolute Gasteiger partial charge is 0.484 e. The predicted octanol–water partition coefficient (Wildman–Crippen LogP) is 4.15. The van der Waals surface area contributed by atoms with E-state index in [0.29, 0.717) is 43.9 Å². The van der Waals surface area contributed by atoms with Crippen LogP contribution < -0.4 is 4.74 Å². The van der Waals surface area contributed by atoms with E-state index in [1.54, 1.807) is 24.3 Å². The Morgan fingerprint density at radius 3 is 2.28 bits per heavy atom. The number of ether oxygens (including phenoxy) is 1. The number of halogens is 3. The Hall–Kier alpha value is -2.54. The maximum atomic E-state index is 12.7. The Bertz CT molecular complexity index is 814. The van der Waals surface area contributed by atoms with Gasteiger partial charge in [-0.2, -0.15) is 13.2 Å². The smallest absolute Gasteiger partial charge is 0.422 e. The first-order chi connectivity index (χ1) is 13.9. The number of alkyl halides is 3. The van der Waals surface area contributed by atoms with Gasteiger partial charge in [0, 0.05) is 43.9 Å². The molecular weight excluding hydrogens is 381 g/mol. The minimum absolute atomic E-state index is 0.0150. The number of nitrogens with zero attached hydrogens (tertiary/aromatic N) is 2. The summed E-state index contributed by atoms with van der Waals surface area (Å²) in [6.07, 6.45) is -3.43. The van der Waals surface area contributed by atoms with E-state index in [4.69, 9.17) is 4.74 Å². The lowest BCUT2D eigenvalue weighted by molar-refractivity contribution is -0.153. The third kappa shape index (κ3) is 5.97. The number of hydrogen-bond donors (Lipinski definition) is 0. The summed E-state index contributed by atoms with van der Waals surface area (Å²) in [5, 5.41) is 0. The van der Waals surface area contributed by atoms with Gasteiger partial charge in [-0.15, -0.1) is 0 Å². The Morgan fingerprint density at radius 1 is 1.00 bits per heavy atom. The van der Waals surface area contributed by atoms with E-state index in [-0.39, 0.29) is 11.7 Å². The second kappa shape index (κ2) is 9.31. The van der Waals surface area contributed by atoms with Crippen molar-refractivity contribution in [3.8, 4) is 5.75 Å². The van der Waals surface area contributed by atoms with E-state index in [1.807, 2.05) is 29.2 Å². The number of aryl methyl sites for hydroxylation is 1. The number of carbonyl (C=O) groups excluding carboxylic acids is 1. The van der Waals surface area contributed by atoms with Crippen LogP contribution in [0.15, 0.2) is 48.5 Å². The molecule has 0 atom stereocenters. The highest BCUT2D eigenvalue weighted by atomic mass is 19.4. The molecule has 1 aliphatic heterocycles. The summed E-state index contributed by atoms with van der Waals surface area (Å²) in [5.74, 6) is 0.264. The van der Waals surface area contributed by atoms with Crippen LogP contribution in [0.4, 0.5) is 13.2 Å². The standard InChI is InChI=1S/C22H25F3N2O2/c1-2-17-7-9-18(10-8-17)21(28)27-13-11-26(12-14-27)15-19-5-3-4-6-20(19)29-16-22(23,24)25/h3-10H,2,11-16H2,1H3. The molecule has 0 saturated carbocycles. The molecule has 0 spiro atoms. The number of rotatable bonds is 6. The van der Waals surface area contributed by atoms with Crippen LogP contribution in [0.25, 0.3) is 0 Å². The lowest BCUT2D eigenvalue weighted by Gasteiger charge is -2.35. The molecule has 2 aromatic rings. The van der Waals surface area contributed by atoms with Crippen LogP contribution in [0.1, 0.15) is 28.4 Å². The summed E-state index contributed by atoms with van der Waals surface area (Å²) in [6.45, 7) is 3.74. The Labute approximate surface area is 168 Å². The molecule has 0 aromatic heterocycles. The van der Waals surface area contributed by atoms with E-state index >= 15 is 0 Å². The minimum Gasteiger partial charge on any atom is -0.484 e. The number of carbonyl (C=O) groups is 1. The highest BCUT2D eigenvalue weighted by Gasteiger charge is 2.29. The topological polar surface area (TPSA) is 32.8 Å². The monoisotopic (exact) mass is 406 g/mol. The van der Waals surface area contributed by atoms with Gasteiger partial charge in [0.15, 0.2) is 6.61 Å². The van der Waals surface area contributed by atoms with Crippen molar-refractivity contribution >= 4 is 5.91 Å². The quantitative estimate of drug-likeness (QED) is 0.723. The second-order valence-corrected chi connectivity index (χ2v) is 7.13. The van der Waals surface area contributed by atoms with Crippen molar-refractivity contribution in [2.45, 2.75) is 26.1 Å². The summed E-state index contributed by atoms with van der Waals surface area (Å²) in [5.41, 5.74) is 2.59.